The van der Waals surface area contributed by atoms with Crippen molar-refractivity contribution in [3.8, 4) is 0 Å². The van der Waals surface area contributed by atoms with E-state index in [4.69, 9.17) is 4.55 Å². The number of rotatable bonds is 2. The highest BCUT2D eigenvalue weighted by Crippen LogP contribution is 2.21. The zero-order valence-corrected chi connectivity index (χ0v) is 10.3. The molecule has 80 valence electrons. The fourth-order valence-electron chi connectivity index (χ4n) is 0.805. The third kappa shape index (κ3) is 3.09. The van der Waals surface area contributed by atoms with Gasteiger partial charge in [-0.25, -0.2) is 4.98 Å². The van der Waals surface area contributed by atoms with Crippen molar-refractivity contribution in [2.24, 2.45) is 0 Å². The molecule has 0 fully saturated rings. The Bertz CT molecular complexity index is 423. The Morgan fingerprint density at radius 3 is 2.57 bits per heavy atom. The highest BCUT2D eigenvalue weighted by Gasteiger charge is 2.16. The van der Waals surface area contributed by atoms with Crippen LogP contribution < -0.4 is 5.32 Å². The van der Waals surface area contributed by atoms with Crippen LogP contribution in [0.3, 0.4) is 0 Å². The first kappa shape index (κ1) is 13.6. The van der Waals surface area contributed by atoms with Crippen molar-refractivity contribution in [3.05, 3.63) is 16.7 Å². The summed E-state index contributed by atoms with van der Waals surface area (Å²) in [4.78, 5) is 3.52. The second kappa shape index (κ2) is 4.92. The van der Waals surface area contributed by atoms with Crippen molar-refractivity contribution in [1.29, 1.82) is 0 Å². The maximum Gasteiger partial charge on any atom is 0.298 e. The van der Waals surface area contributed by atoms with Crippen LogP contribution in [0.25, 0.3) is 0 Å². The number of anilines is 1. The van der Waals surface area contributed by atoms with Gasteiger partial charge in [0.15, 0.2) is 0 Å². The SMILES string of the molecule is CNc1ncc(Br)cc1S(=O)(=O)O.Cl. The summed E-state index contributed by atoms with van der Waals surface area (Å²) in [5, 5.41) is 2.56. The maximum atomic E-state index is 10.8. The molecule has 0 amide bonds. The van der Waals surface area contributed by atoms with Crippen LogP contribution in [0.15, 0.2) is 21.6 Å². The van der Waals surface area contributed by atoms with Crippen molar-refractivity contribution < 1.29 is 13.0 Å². The quantitative estimate of drug-likeness (QED) is 0.811. The van der Waals surface area contributed by atoms with E-state index in [1.807, 2.05) is 0 Å². The number of nitrogens with one attached hydrogen (secondary N) is 1. The molecule has 0 spiro atoms. The summed E-state index contributed by atoms with van der Waals surface area (Å²) in [6.07, 6.45) is 1.43. The molecule has 8 heteroatoms. The van der Waals surface area contributed by atoms with E-state index in [0.717, 1.165) is 0 Å². The van der Waals surface area contributed by atoms with Crippen LogP contribution in [0.5, 0.6) is 0 Å². The lowest BCUT2D eigenvalue weighted by Crippen LogP contribution is -2.05. The molecule has 0 aromatic carbocycles. The summed E-state index contributed by atoms with van der Waals surface area (Å²) in [6, 6.07) is 1.27. The minimum absolute atomic E-state index is 0. The number of nitrogens with zero attached hydrogens (tertiary/aromatic N) is 1. The minimum atomic E-state index is -4.22. The van der Waals surface area contributed by atoms with Gasteiger partial charge in [0, 0.05) is 17.7 Å². The number of aromatic nitrogens is 1. The lowest BCUT2D eigenvalue weighted by molar-refractivity contribution is 0.483. The molecule has 14 heavy (non-hydrogen) atoms. The Morgan fingerprint density at radius 2 is 2.14 bits per heavy atom. The molecule has 0 aliphatic carbocycles. The van der Waals surface area contributed by atoms with Crippen molar-refractivity contribution in [2.75, 3.05) is 12.4 Å². The third-order valence-corrected chi connectivity index (χ3v) is 2.63. The fraction of sp³-hybridized carbons (Fsp3) is 0.167. The Hall–Kier alpha value is -0.370. The number of halogens is 2. The van der Waals surface area contributed by atoms with Gasteiger partial charge in [-0.3, -0.25) is 4.55 Å². The first-order chi connectivity index (χ1) is 5.95. The molecule has 0 unspecified atom stereocenters. The summed E-state index contributed by atoms with van der Waals surface area (Å²) in [7, 11) is -2.70. The Kier molecular flexibility index (Phi) is 4.79. The minimum Gasteiger partial charge on any atom is -0.372 e. The Morgan fingerprint density at radius 1 is 1.57 bits per heavy atom. The summed E-state index contributed by atoms with van der Waals surface area (Å²) < 4.78 is 30.9. The van der Waals surface area contributed by atoms with Gasteiger partial charge >= 0.3 is 0 Å². The molecule has 1 aromatic rings. The molecule has 1 aromatic heterocycles. The van der Waals surface area contributed by atoms with E-state index in [0.29, 0.717) is 4.47 Å². The molecule has 0 bridgehead atoms. The van der Waals surface area contributed by atoms with Gasteiger partial charge in [0.05, 0.1) is 0 Å². The van der Waals surface area contributed by atoms with Crippen molar-refractivity contribution >= 4 is 44.3 Å². The van der Waals surface area contributed by atoms with E-state index in [1.54, 1.807) is 0 Å². The smallest absolute Gasteiger partial charge is 0.298 e. The van der Waals surface area contributed by atoms with E-state index in [1.165, 1.54) is 19.3 Å². The fourth-order valence-corrected chi connectivity index (χ4v) is 1.96. The molecule has 0 aliphatic rings. The zero-order valence-electron chi connectivity index (χ0n) is 7.06. The van der Waals surface area contributed by atoms with E-state index in [-0.39, 0.29) is 23.1 Å². The highest BCUT2D eigenvalue weighted by molar-refractivity contribution is 9.10. The van der Waals surface area contributed by atoms with Crippen LogP contribution in [0.4, 0.5) is 5.82 Å². The van der Waals surface area contributed by atoms with Crippen LogP contribution in [0, 0.1) is 0 Å². The first-order valence-corrected chi connectivity index (χ1v) is 5.49. The van der Waals surface area contributed by atoms with E-state index in [2.05, 4.69) is 26.2 Å². The van der Waals surface area contributed by atoms with Crippen LogP contribution >= 0.6 is 28.3 Å². The standard InChI is InChI=1S/C6H7BrN2O3S.ClH/c1-8-6-5(13(10,11)12)2-4(7)3-9-6;/h2-3H,1H3,(H,8,9)(H,10,11,12);1H. The average Bonchev–Trinajstić information content (AvgIpc) is 2.03. The zero-order chi connectivity index (χ0) is 10.1. The molecule has 0 aliphatic heterocycles. The topological polar surface area (TPSA) is 79.3 Å². The summed E-state index contributed by atoms with van der Waals surface area (Å²) in [5.74, 6) is 0.116. The molecule has 1 heterocycles. The number of pyridine rings is 1. The van der Waals surface area contributed by atoms with Crippen molar-refractivity contribution in [1.82, 2.24) is 4.98 Å². The molecule has 0 saturated heterocycles. The van der Waals surface area contributed by atoms with Crippen molar-refractivity contribution in [3.63, 3.8) is 0 Å². The second-order valence-electron chi connectivity index (χ2n) is 2.23. The van der Waals surface area contributed by atoms with Gasteiger partial charge < -0.3 is 5.32 Å². The van der Waals surface area contributed by atoms with Gasteiger partial charge in [-0.2, -0.15) is 8.42 Å². The van der Waals surface area contributed by atoms with Crippen LogP contribution in [0.1, 0.15) is 0 Å². The molecule has 5 nitrogen and oxygen atoms in total. The maximum absolute atomic E-state index is 10.8. The third-order valence-electron chi connectivity index (χ3n) is 1.33. The predicted molar refractivity (Wildman–Crippen MR) is 58.5 cm³/mol. The summed E-state index contributed by atoms with van der Waals surface area (Å²) in [5.41, 5.74) is 0. The monoisotopic (exact) mass is 302 g/mol. The highest BCUT2D eigenvalue weighted by atomic mass is 79.9. The van der Waals surface area contributed by atoms with Gasteiger partial charge in [-0.1, -0.05) is 0 Å². The van der Waals surface area contributed by atoms with Crippen LogP contribution in [-0.2, 0) is 10.1 Å². The van der Waals surface area contributed by atoms with Gasteiger partial charge in [0.1, 0.15) is 10.7 Å². The summed E-state index contributed by atoms with van der Waals surface area (Å²) >= 11 is 3.05. The van der Waals surface area contributed by atoms with Crippen LogP contribution in [-0.4, -0.2) is 25.0 Å². The largest absolute Gasteiger partial charge is 0.372 e. The Balaban J connectivity index is 0.00000169. The second-order valence-corrected chi connectivity index (χ2v) is 4.53. The first-order valence-electron chi connectivity index (χ1n) is 3.26. The number of hydrogen-bond donors (Lipinski definition) is 2. The lowest BCUT2D eigenvalue weighted by atomic mass is 10.4. The van der Waals surface area contributed by atoms with E-state index >= 15 is 0 Å². The van der Waals surface area contributed by atoms with Gasteiger partial charge in [-0.05, 0) is 22.0 Å². The number of hydrogen-bond acceptors (Lipinski definition) is 4. The lowest BCUT2D eigenvalue weighted by Gasteiger charge is -2.04. The molecule has 0 atom stereocenters. The molecular formula is C6H8BrClN2O3S. The van der Waals surface area contributed by atoms with Gasteiger partial charge in [-0.15, -0.1) is 12.4 Å². The summed E-state index contributed by atoms with van der Waals surface area (Å²) in [6.45, 7) is 0. The van der Waals surface area contributed by atoms with Crippen LogP contribution in [0.2, 0.25) is 0 Å². The molecular weight excluding hydrogens is 296 g/mol. The molecule has 2 N–H and O–H groups in total. The Labute approximate surface area is 96.2 Å². The molecule has 1 rings (SSSR count). The molecule has 0 saturated carbocycles. The van der Waals surface area contributed by atoms with E-state index in [9.17, 15) is 8.42 Å². The van der Waals surface area contributed by atoms with Crippen molar-refractivity contribution in [2.45, 2.75) is 4.90 Å². The molecule has 0 radical (unpaired) electrons. The normalized spacial score (nSPS) is 10.5. The predicted octanol–water partition coefficient (Wildman–Crippen LogP) is 1.55. The van der Waals surface area contributed by atoms with Gasteiger partial charge in [0.25, 0.3) is 10.1 Å². The van der Waals surface area contributed by atoms with E-state index < -0.39 is 10.1 Å². The van der Waals surface area contributed by atoms with Gasteiger partial charge in [0.2, 0.25) is 0 Å². The average molecular weight is 304 g/mol.